The number of pyridine rings is 1. The molecule has 5 nitrogen and oxygen atoms in total. The number of carbonyl (C=O) groups excluding carboxylic acids is 1. The van der Waals surface area contributed by atoms with Gasteiger partial charge < -0.3 is 14.1 Å². The predicted octanol–water partition coefficient (Wildman–Crippen LogP) is 2.00. The van der Waals surface area contributed by atoms with Crippen LogP contribution in [0.3, 0.4) is 0 Å². The fraction of sp³-hybridized carbons (Fsp3) is 0.0769. The molecule has 1 N–H and O–H groups in total. The first-order valence-corrected chi connectivity index (χ1v) is 5.67. The number of furan rings is 1. The van der Waals surface area contributed by atoms with Gasteiger partial charge in [-0.25, -0.2) is 9.37 Å². The van der Waals surface area contributed by atoms with Gasteiger partial charge in [0, 0.05) is 12.4 Å². The second kappa shape index (κ2) is 4.56. The second-order valence-corrected chi connectivity index (χ2v) is 4.01. The summed E-state index contributed by atoms with van der Waals surface area (Å²) in [5.41, 5.74) is 1.27. The maximum atomic E-state index is 13.0. The number of carbonyl (C=O) groups is 1. The SMILES string of the molecule is O=C(NCc1cn2cc(F)ccc2n1)c1ccco1. The van der Waals surface area contributed by atoms with Crippen LogP contribution in [0.15, 0.2) is 47.3 Å². The Morgan fingerprint density at radius 1 is 1.37 bits per heavy atom. The van der Waals surface area contributed by atoms with Crippen molar-refractivity contribution in [2.24, 2.45) is 0 Å². The Hall–Kier alpha value is -2.63. The van der Waals surface area contributed by atoms with Crippen LogP contribution < -0.4 is 5.32 Å². The number of aromatic nitrogens is 2. The minimum Gasteiger partial charge on any atom is -0.459 e. The Kier molecular flexibility index (Phi) is 2.75. The number of hydrogen-bond donors (Lipinski definition) is 1. The third-order valence-electron chi connectivity index (χ3n) is 2.64. The molecule has 19 heavy (non-hydrogen) atoms. The molecule has 96 valence electrons. The summed E-state index contributed by atoms with van der Waals surface area (Å²) in [6, 6.07) is 6.14. The molecule has 3 aromatic heterocycles. The number of nitrogens with one attached hydrogen (secondary N) is 1. The number of rotatable bonds is 3. The number of imidazole rings is 1. The highest BCUT2D eigenvalue weighted by atomic mass is 19.1. The average Bonchev–Trinajstić information content (AvgIpc) is 3.04. The minimum absolute atomic E-state index is 0.245. The normalized spacial score (nSPS) is 10.8. The van der Waals surface area contributed by atoms with Gasteiger partial charge in [0.05, 0.1) is 18.5 Å². The highest BCUT2D eigenvalue weighted by molar-refractivity contribution is 5.91. The molecule has 0 aliphatic carbocycles. The van der Waals surface area contributed by atoms with Crippen LogP contribution in [0.1, 0.15) is 16.2 Å². The largest absolute Gasteiger partial charge is 0.459 e. The fourth-order valence-electron chi connectivity index (χ4n) is 1.77. The van der Waals surface area contributed by atoms with Gasteiger partial charge in [-0.3, -0.25) is 4.79 Å². The van der Waals surface area contributed by atoms with E-state index in [0.717, 1.165) is 0 Å². The quantitative estimate of drug-likeness (QED) is 0.782. The van der Waals surface area contributed by atoms with Crippen LogP contribution in [0.4, 0.5) is 4.39 Å². The van der Waals surface area contributed by atoms with Gasteiger partial charge in [0.2, 0.25) is 0 Å². The van der Waals surface area contributed by atoms with Gasteiger partial charge in [-0.1, -0.05) is 0 Å². The average molecular weight is 259 g/mol. The van der Waals surface area contributed by atoms with Crippen molar-refractivity contribution in [1.29, 1.82) is 0 Å². The lowest BCUT2D eigenvalue weighted by Crippen LogP contribution is -2.22. The van der Waals surface area contributed by atoms with Crippen LogP contribution in [0.25, 0.3) is 5.65 Å². The van der Waals surface area contributed by atoms with Gasteiger partial charge in [-0.05, 0) is 24.3 Å². The minimum atomic E-state index is -0.337. The van der Waals surface area contributed by atoms with Crippen molar-refractivity contribution >= 4 is 11.6 Å². The molecule has 0 fully saturated rings. The van der Waals surface area contributed by atoms with Crippen LogP contribution in [0.5, 0.6) is 0 Å². The molecule has 0 aromatic carbocycles. The molecule has 3 rings (SSSR count). The van der Waals surface area contributed by atoms with Crippen LogP contribution in [0.2, 0.25) is 0 Å². The Morgan fingerprint density at radius 2 is 2.26 bits per heavy atom. The zero-order chi connectivity index (χ0) is 13.2. The molecule has 0 saturated heterocycles. The Bertz CT molecular complexity index is 719. The van der Waals surface area contributed by atoms with Gasteiger partial charge >= 0.3 is 0 Å². The summed E-state index contributed by atoms with van der Waals surface area (Å²) in [4.78, 5) is 15.9. The lowest BCUT2D eigenvalue weighted by molar-refractivity contribution is 0.0922. The van der Waals surface area contributed by atoms with Crippen LogP contribution in [-0.4, -0.2) is 15.3 Å². The predicted molar refractivity (Wildman–Crippen MR) is 65.0 cm³/mol. The van der Waals surface area contributed by atoms with Crippen molar-refractivity contribution in [2.45, 2.75) is 6.54 Å². The van der Waals surface area contributed by atoms with Crippen molar-refractivity contribution in [2.75, 3.05) is 0 Å². The monoisotopic (exact) mass is 259 g/mol. The molecule has 0 atom stereocenters. The van der Waals surface area contributed by atoms with Crippen LogP contribution >= 0.6 is 0 Å². The van der Waals surface area contributed by atoms with Gasteiger partial charge in [0.1, 0.15) is 11.5 Å². The van der Waals surface area contributed by atoms with Crippen LogP contribution in [-0.2, 0) is 6.54 Å². The number of halogens is 1. The zero-order valence-electron chi connectivity index (χ0n) is 9.84. The van der Waals surface area contributed by atoms with E-state index in [4.69, 9.17) is 4.42 Å². The molecule has 0 aliphatic rings. The summed E-state index contributed by atoms with van der Waals surface area (Å²) in [7, 11) is 0. The molecule has 0 radical (unpaired) electrons. The topological polar surface area (TPSA) is 59.5 Å². The Labute approximate surface area is 107 Å². The van der Waals surface area contributed by atoms with Crippen molar-refractivity contribution in [1.82, 2.24) is 14.7 Å². The lowest BCUT2D eigenvalue weighted by atomic mass is 10.4. The summed E-state index contributed by atoms with van der Waals surface area (Å²) in [6.07, 6.45) is 4.43. The molecule has 6 heteroatoms. The van der Waals surface area contributed by atoms with Crippen LogP contribution in [0, 0.1) is 5.82 Å². The molecular formula is C13H10FN3O2. The van der Waals surface area contributed by atoms with Crippen molar-refractivity contribution < 1.29 is 13.6 Å². The maximum Gasteiger partial charge on any atom is 0.287 e. The molecule has 1 amide bonds. The molecule has 0 aliphatic heterocycles. The standard InChI is InChI=1S/C13H10FN3O2/c14-9-3-4-12-16-10(8-17(12)7-9)6-15-13(18)11-2-1-5-19-11/h1-5,7-8H,6H2,(H,15,18). The molecule has 0 bridgehead atoms. The number of nitrogens with zero attached hydrogens (tertiary/aromatic N) is 2. The van der Waals surface area contributed by atoms with Gasteiger partial charge in [0.15, 0.2) is 5.76 Å². The van der Waals surface area contributed by atoms with E-state index >= 15 is 0 Å². The van der Waals surface area contributed by atoms with Gasteiger partial charge in [-0.15, -0.1) is 0 Å². The Morgan fingerprint density at radius 3 is 3.05 bits per heavy atom. The van der Waals surface area contributed by atoms with E-state index in [1.165, 1.54) is 18.5 Å². The third-order valence-corrected chi connectivity index (χ3v) is 2.64. The van der Waals surface area contributed by atoms with Gasteiger partial charge in [-0.2, -0.15) is 0 Å². The van der Waals surface area contributed by atoms with E-state index in [9.17, 15) is 9.18 Å². The summed E-state index contributed by atoms with van der Waals surface area (Å²) < 4.78 is 19.6. The highest BCUT2D eigenvalue weighted by Gasteiger charge is 2.09. The van der Waals surface area contributed by atoms with E-state index < -0.39 is 0 Å². The number of amides is 1. The fourth-order valence-corrected chi connectivity index (χ4v) is 1.77. The molecule has 0 saturated carbocycles. The second-order valence-electron chi connectivity index (χ2n) is 4.01. The van der Waals surface area contributed by atoms with E-state index in [1.807, 2.05) is 0 Å². The molecular weight excluding hydrogens is 249 g/mol. The van der Waals surface area contributed by atoms with Crippen molar-refractivity contribution in [3.8, 4) is 0 Å². The molecule has 0 spiro atoms. The Balaban J connectivity index is 1.73. The summed E-state index contributed by atoms with van der Waals surface area (Å²) >= 11 is 0. The molecule has 3 aromatic rings. The summed E-state index contributed by atoms with van der Waals surface area (Å²) in [6.45, 7) is 0.253. The number of hydrogen-bond acceptors (Lipinski definition) is 3. The lowest BCUT2D eigenvalue weighted by Gasteiger charge is -1.99. The maximum absolute atomic E-state index is 13.0. The van der Waals surface area contributed by atoms with E-state index in [2.05, 4.69) is 10.3 Å². The van der Waals surface area contributed by atoms with E-state index in [0.29, 0.717) is 11.3 Å². The first-order chi connectivity index (χ1) is 9.22. The highest BCUT2D eigenvalue weighted by Crippen LogP contribution is 2.07. The van der Waals surface area contributed by atoms with Crippen molar-refractivity contribution in [3.05, 3.63) is 60.2 Å². The molecule has 0 unspecified atom stereocenters. The van der Waals surface area contributed by atoms with E-state index in [-0.39, 0.29) is 24.0 Å². The zero-order valence-corrected chi connectivity index (χ0v) is 9.84. The summed E-state index contributed by atoms with van der Waals surface area (Å²) in [5.74, 6) is -0.404. The first-order valence-electron chi connectivity index (χ1n) is 5.67. The molecule has 3 heterocycles. The smallest absolute Gasteiger partial charge is 0.287 e. The van der Waals surface area contributed by atoms with E-state index in [1.54, 1.807) is 28.8 Å². The summed E-state index contributed by atoms with van der Waals surface area (Å²) in [5, 5.41) is 2.67. The van der Waals surface area contributed by atoms with Gasteiger partial charge in [0.25, 0.3) is 5.91 Å². The van der Waals surface area contributed by atoms with Crippen molar-refractivity contribution in [3.63, 3.8) is 0 Å². The third kappa shape index (κ3) is 2.33. The number of fused-ring (bicyclic) bond motifs is 1. The first kappa shape index (κ1) is 11.5.